The van der Waals surface area contributed by atoms with Crippen LogP contribution in [0.5, 0.6) is 11.5 Å². The molecule has 4 heterocycles. The van der Waals surface area contributed by atoms with Crippen LogP contribution >= 0.6 is 0 Å². The molecule has 0 amide bonds. The average molecular weight is 909 g/mol. The van der Waals surface area contributed by atoms with Crippen LogP contribution in [0.15, 0.2) is 59.7 Å². The molecular weight excluding hydrogens is 858 g/mol. The molecule has 4 aromatic carbocycles. The van der Waals surface area contributed by atoms with Crippen molar-refractivity contribution >= 4 is 27.7 Å². The summed E-state index contributed by atoms with van der Waals surface area (Å²) in [5, 5.41) is 2.38. The number of hydrogen-bond donors (Lipinski definition) is 0. The Labute approximate surface area is 340 Å². The number of benzene rings is 4. The molecule has 2 aliphatic heterocycles. The van der Waals surface area contributed by atoms with Gasteiger partial charge in [-0.25, -0.2) is 4.98 Å². The SMILES string of the molecule is Cc1cc(C)c(-c2cc(Oc3[c-]c4c(cc3C)c3cc(C(C)(C)C)cc5c3n4-c3ncc(C)cc3C5(C)C)[c-]c(C3=N[C@]4(C)CCC[C@]4(C)O3)c2)c(C)c1.[Pt+2]. The fourth-order valence-electron chi connectivity index (χ4n) is 9.59. The first-order valence-electron chi connectivity index (χ1n) is 19.5. The third-order valence-electron chi connectivity index (χ3n) is 12.9. The first-order chi connectivity index (χ1) is 25.4. The number of aryl methyl sites for hydroxylation is 5. The second-order valence-electron chi connectivity index (χ2n) is 18.5. The van der Waals surface area contributed by atoms with E-state index in [1.807, 2.05) is 6.20 Å². The van der Waals surface area contributed by atoms with Crippen LogP contribution in [0.3, 0.4) is 0 Å². The number of ether oxygens (including phenoxy) is 2. The summed E-state index contributed by atoms with van der Waals surface area (Å²) in [6.45, 7) is 26.8. The van der Waals surface area contributed by atoms with Crippen molar-refractivity contribution in [3.8, 4) is 28.4 Å². The van der Waals surface area contributed by atoms with Crippen molar-refractivity contribution < 1.29 is 30.5 Å². The maximum absolute atomic E-state index is 6.94. The first kappa shape index (κ1) is 37.7. The molecule has 0 bridgehead atoms. The van der Waals surface area contributed by atoms with E-state index in [0.29, 0.717) is 17.4 Å². The van der Waals surface area contributed by atoms with Gasteiger partial charge in [0.25, 0.3) is 0 Å². The zero-order valence-electron chi connectivity index (χ0n) is 34.3. The molecule has 6 heteroatoms. The van der Waals surface area contributed by atoms with E-state index in [0.717, 1.165) is 58.2 Å². The Hall–Kier alpha value is -4.21. The molecule has 0 radical (unpaired) electrons. The fraction of sp³-hybridized carbons (Fsp3) is 0.388. The van der Waals surface area contributed by atoms with Crippen molar-refractivity contribution in [3.05, 3.63) is 117 Å². The molecule has 6 aromatic rings. The number of aromatic nitrogens is 2. The van der Waals surface area contributed by atoms with Gasteiger partial charge >= 0.3 is 21.1 Å². The van der Waals surface area contributed by atoms with Crippen molar-refractivity contribution in [3.63, 3.8) is 0 Å². The smallest absolute Gasteiger partial charge is 0.512 e. The molecule has 1 aliphatic carbocycles. The summed E-state index contributed by atoms with van der Waals surface area (Å²) in [6.07, 6.45) is 5.11. The minimum Gasteiger partial charge on any atom is -0.512 e. The van der Waals surface area contributed by atoms with Gasteiger partial charge in [0, 0.05) is 34.2 Å². The van der Waals surface area contributed by atoms with Crippen molar-refractivity contribution in [1.82, 2.24) is 9.55 Å². The van der Waals surface area contributed by atoms with E-state index in [-0.39, 0.29) is 43.0 Å². The molecule has 0 N–H and O–H groups in total. The summed E-state index contributed by atoms with van der Waals surface area (Å²) in [4.78, 5) is 10.3. The molecule has 0 spiro atoms. The standard InChI is InChI=1S/C49H51N3O2.Pt/c1-27-16-30(4)42(31(5)17-27)32-20-33(45-51-48(11)14-13-15-49(48,12)54-45)22-35(21-32)53-41-25-40-36(19-29(41)3)37-23-34(46(6,7)8)24-38-43(37)52(40)44-39(47(38,9)10)18-28(2)26-50-44;/h16-21,23-24,26H,13-15H2,1-12H3;/q-2;+2/t48-,49+;/m1./s1. The van der Waals surface area contributed by atoms with E-state index < -0.39 is 0 Å². The second-order valence-corrected chi connectivity index (χ2v) is 18.5. The first-order valence-corrected chi connectivity index (χ1v) is 19.5. The Bertz CT molecular complexity index is 2620. The Kier molecular flexibility index (Phi) is 8.49. The van der Waals surface area contributed by atoms with Gasteiger partial charge in [-0.3, -0.25) is 4.99 Å². The van der Waals surface area contributed by atoms with E-state index in [1.54, 1.807) is 0 Å². The van der Waals surface area contributed by atoms with Gasteiger partial charge in [0.15, 0.2) is 0 Å². The van der Waals surface area contributed by atoms with Gasteiger partial charge in [-0.05, 0) is 111 Å². The summed E-state index contributed by atoms with van der Waals surface area (Å²) < 4.78 is 16.0. The third kappa shape index (κ3) is 5.66. The Morgan fingerprint density at radius 1 is 0.782 bits per heavy atom. The van der Waals surface area contributed by atoms with Crippen molar-refractivity contribution in [2.45, 2.75) is 124 Å². The van der Waals surface area contributed by atoms with E-state index in [2.05, 4.69) is 148 Å². The molecule has 1 saturated carbocycles. The minimum absolute atomic E-state index is 0. The second kappa shape index (κ2) is 12.4. The van der Waals surface area contributed by atoms with Gasteiger partial charge in [-0.2, -0.15) is 6.07 Å². The average Bonchev–Trinajstić information content (AvgIpc) is 3.64. The summed E-state index contributed by atoms with van der Waals surface area (Å²) >= 11 is 0. The van der Waals surface area contributed by atoms with Crippen molar-refractivity contribution in [1.29, 1.82) is 0 Å². The monoisotopic (exact) mass is 908 g/mol. The maximum Gasteiger partial charge on any atom is 2.00 e. The molecule has 0 unspecified atom stereocenters. The Morgan fingerprint density at radius 2 is 1.51 bits per heavy atom. The van der Waals surface area contributed by atoms with Crippen LogP contribution in [-0.2, 0) is 36.6 Å². The van der Waals surface area contributed by atoms with Gasteiger partial charge in [0.1, 0.15) is 17.3 Å². The molecule has 9 rings (SSSR count). The molecule has 0 saturated heterocycles. The van der Waals surface area contributed by atoms with Gasteiger partial charge in [-0.1, -0.05) is 100 Å². The van der Waals surface area contributed by atoms with Gasteiger partial charge < -0.3 is 14.0 Å². The predicted molar refractivity (Wildman–Crippen MR) is 221 cm³/mol. The Morgan fingerprint density at radius 3 is 2.20 bits per heavy atom. The summed E-state index contributed by atoms with van der Waals surface area (Å²) in [7, 11) is 0. The molecular formula is C49H51N3O2Pt. The van der Waals surface area contributed by atoms with Gasteiger partial charge in [-0.15, -0.1) is 23.1 Å². The zero-order chi connectivity index (χ0) is 38.3. The van der Waals surface area contributed by atoms with E-state index in [4.69, 9.17) is 19.5 Å². The normalized spacial score (nSPS) is 20.9. The van der Waals surface area contributed by atoms with Gasteiger partial charge in [0.05, 0.1) is 5.54 Å². The zero-order valence-corrected chi connectivity index (χ0v) is 36.6. The van der Waals surface area contributed by atoms with E-state index in [1.165, 1.54) is 49.8 Å². The van der Waals surface area contributed by atoms with Crippen LogP contribution in [-0.4, -0.2) is 26.6 Å². The maximum atomic E-state index is 6.94. The molecule has 1 fully saturated rings. The number of pyridine rings is 1. The van der Waals surface area contributed by atoms with Crippen LogP contribution in [0.25, 0.3) is 38.8 Å². The van der Waals surface area contributed by atoms with E-state index >= 15 is 0 Å². The molecule has 55 heavy (non-hydrogen) atoms. The van der Waals surface area contributed by atoms with Crippen LogP contribution in [0, 0.1) is 46.8 Å². The summed E-state index contributed by atoms with van der Waals surface area (Å²) in [6, 6.07) is 25.6. The molecule has 5 nitrogen and oxygen atoms in total. The molecule has 2 aromatic heterocycles. The van der Waals surface area contributed by atoms with Crippen molar-refractivity contribution in [2.24, 2.45) is 4.99 Å². The third-order valence-corrected chi connectivity index (χ3v) is 12.9. The van der Waals surface area contributed by atoms with Gasteiger partial charge in [0.2, 0.25) is 0 Å². The molecule has 3 aliphatic rings. The number of nitrogens with zero attached hydrogens (tertiary/aromatic N) is 3. The van der Waals surface area contributed by atoms with Crippen LogP contribution < -0.4 is 4.74 Å². The summed E-state index contributed by atoms with van der Waals surface area (Å²) in [5.74, 6) is 2.88. The van der Waals surface area contributed by atoms with Crippen molar-refractivity contribution in [2.75, 3.05) is 0 Å². The predicted octanol–water partition coefficient (Wildman–Crippen LogP) is 12.2. The van der Waals surface area contributed by atoms with E-state index in [9.17, 15) is 0 Å². The molecule has 284 valence electrons. The van der Waals surface area contributed by atoms with Crippen LogP contribution in [0.2, 0.25) is 0 Å². The van der Waals surface area contributed by atoms with Crippen LogP contribution in [0.1, 0.15) is 118 Å². The number of fused-ring (bicyclic) bond motifs is 6. The minimum atomic E-state index is -0.320. The van der Waals surface area contributed by atoms with Crippen LogP contribution in [0.4, 0.5) is 0 Å². The summed E-state index contributed by atoms with van der Waals surface area (Å²) in [5.41, 5.74) is 14.1. The quantitative estimate of drug-likeness (QED) is 0.166. The fourth-order valence-corrected chi connectivity index (χ4v) is 9.59. The largest absolute Gasteiger partial charge is 2.00 e. The number of rotatable bonds is 4. The Balaban J connectivity index is 0.00000427. The molecule has 2 atom stereocenters. The topological polar surface area (TPSA) is 48.6 Å². The number of hydrogen-bond acceptors (Lipinski definition) is 4. The number of aliphatic imine (C=N–C) groups is 1.